The van der Waals surface area contributed by atoms with Crippen molar-refractivity contribution in [3.8, 4) is 17.2 Å². The Morgan fingerprint density at radius 2 is 1.71 bits per heavy atom. The molecule has 0 fully saturated rings. The van der Waals surface area contributed by atoms with Crippen LogP contribution in [-0.4, -0.2) is 53.5 Å². The Labute approximate surface area is 180 Å². The van der Waals surface area contributed by atoms with Crippen molar-refractivity contribution < 1.29 is 37.3 Å². The van der Waals surface area contributed by atoms with Gasteiger partial charge in [0.1, 0.15) is 17.2 Å². The first-order valence-corrected chi connectivity index (χ1v) is 10.9. The van der Waals surface area contributed by atoms with Gasteiger partial charge in [0, 0.05) is 23.6 Å². The van der Waals surface area contributed by atoms with Crippen LogP contribution in [0.25, 0.3) is 0 Å². The summed E-state index contributed by atoms with van der Waals surface area (Å²) in [5, 5.41) is 9.69. The highest BCUT2D eigenvalue weighted by atomic mass is 32.2. The molecular weight excluding hydrogens is 428 g/mol. The number of hydrogen-bond acceptors (Lipinski definition) is 7. The summed E-state index contributed by atoms with van der Waals surface area (Å²) in [4.78, 5) is 20.7. The van der Waals surface area contributed by atoms with E-state index in [1.54, 1.807) is 38.5 Å². The molecule has 2 aromatic carbocycles. The van der Waals surface area contributed by atoms with E-state index in [0.717, 1.165) is 17.4 Å². The lowest BCUT2D eigenvalue weighted by molar-refractivity contribution is -0.123. The summed E-state index contributed by atoms with van der Waals surface area (Å²) >= 11 is 0. The van der Waals surface area contributed by atoms with Gasteiger partial charge in [-0.2, -0.15) is 0 Å². The fraction of sp³-hybridized carbons (Fsp3) is 0.300. The molecule has 1 heterocycles. The molecule has 0 saturated heterocycles. The van der Waals surface area contributed by atoms with Crippen LogP contribution >= 0.6 is 0 Å². The van der Waals surface area contributed by atoms with Crippen molar-refractivity contribution in [3.63, 3.8) is 0 Å². The van der Waals surface area contributed by atoms with Crippen LogP contribution in [0, 0.1) is 0 Å². The Hall–Kier alpha value is -3.47. The van der Waals surface area contributed by atoms with Gasteiger partial charge in [-0.05, 0) is 35.9 Å². The molecule has 0 saturated carbocycles. The third-order valence-electron chi connectivity index (χ3n) is 4.52. The number of ether oxygens (including phenoxy) is 3. The summed E-state index contributed by atoms with van der Waals surface area (Å²) < 4.78 is 41.9. The van der Waals surface area contributed by atoms with Gasteiger partial charge in [-0.25, -0.2) is 8.42 Å². The lowest BCUT2D eigenvalue weighted by atomic mass is 9.84. The molecular formula is C20H24N2O8S. The summed E-state index contributed by atoms with van der Waals surface area (Å²) in [6.45, 7) is -0.250. The minimum atomic E-state index is -3.51. The van der Waals surface area contributed by atoms with Crippen molar-refractivity contribution in [1.82, 2.24) is 0 Å². The van der Waals surface area contributed by atoms with Gasteiger partial charge in [-0.1, -0.05) is 0 Å². The average Bonchev–Trinajstić information content (AvgIpc) is 2.71. The smallest absolute Gasteiger partial charge is 0.290 e. The van der Waals surface area contributed by atoms with Gasteiger partial charge in [0.2, 0.25) is 15.9 Å². The molecule has 168 valence electrons. The lowest BCUT2D eigenvalue weighted by Crippen LogP contribution is -2.24. The zero-order valence-corrected chi connectivity index (χ0v) is 18.3. The van der Waals surface area contributed by atoms with E-state index < -0.39 is 10.0 Å². The Bertz CT molecular complexity index is 1070. The Morgan fingerprint density at radius 1 is 1.06 bits per heavy atom. The highest BCUT2D eigenvalue weighted by Crippen LogP contribution is 2.45. The molecule has 1 aliphatic heterocycles. The Balaban J connectivity index is 0.00000107. The fourth-order valence-electron chi connectivity index (χ4n) is 3.33. The van der Waals surface area contributed by atoms with E-state index >= 15 is 0 Å². The van der Waals surface area contributed by atoms with E-state index in [1.807, 2.05) is 6.07 Å². The van der Waals surface area contributed by atoms with Crippen LogP contribution in [0.5, 0.6) is 17.2 Å². The Morgan fingerprint density at radius 3 is 2.26 bits per heavy atom. The lowest BCUT2D eigenvalue weighted by Gasteiger charge is -2.28. The van der Waals surface area contributed by atoms with Crippen molar-refractivity contribution in [1.29, 1.82) is 0 Å². The average molecular weight is 452 g/mol. The molecule has 0 aromatic heterocycles. The highest BCUT2D eigenvalue weighted by molar-refractivity contribution is 7.92. The van der Waals surface area contributed by atoms with E-state index in [2.05, 4.69) is 10.0 Å². The standard InChI is InChI=1S/C19H22N2O6S.CH2O2/c1-25-11-5-6-17(26-2)14(7-11)12-9-19(22)20-15-10-16(21-28(4,23)24)18(27-3)8-13(12)15;2-1-3/h5-8,10,12,21H,9H2,1-4H3,(H,20,22);1H,(H,2,3). The third-order valence-corrected chi connectivity index (χ3v) is 5.11. The number of fused-ring (bicyclic) bond motifs is 1. The Kier molecular flexibility index (Phi) is 7.70. The van der Waals surface area contributed by atoms with Gasteiger partial charge < -0.3 is 24.6 Å². The second kappa shape index (κ2) is 10.0. The number of amides is 1. The number of carbonyl (C=O) groups excluding carboxylic acids is 1. The van der Waals surface area contributed by atoms with E-state index in [0.29, 0.717) is 22.9 Å². The largest absolute Gasteiger partial charge is 0.497 e. The molecule has 0 spiro atoms. The van der Waals surface area contributed by atoms with Crippen molar-refractivity contribution in [3.05, 3.63) is 41.5 Å². The summed E-state index contributed by atoms with van der Waals surface area (Å²) in [7, 11) is 1.07. The molecule has 1 unspecified atom stereocenters. The molecule has 1 amide bonds. The number of carboxylic acid groups (broad SMARTS) is 1. The van der Waals surface area contributed by atoms with E-state index in [4.69, 9.17) is 24.1 Å². The zero-order chi connectivity index (χ0) is 23.2. The molecule has 31 heavy (non-hydrogen) atoms. The summed E-state index contributed by atoms with van der Waals surface area (Å²) in [6, 6.07) is 8.70. The number of benzene rings is 2. The summed E-state index contributed by atoms with van der Waals surface area (Å²) in [5.41, 5.74) is 2.35. The van der Waals surface area contributed by atoms with Crippen molar-refractivity contribution in [2.24, 2.45) is 0 Å². The van der Waals surface area contributed by atoms with E-state index in [9.17, 15) is 13.2 Å². The van der Waals surface area contributed by atoms with Crippen molar-refractivity contribution in [2.75, 3.05) is 37.6 Å². The van der Waals surface area contributed by atoms with Crippen LogP contribution in [0.3, 0.4) is 0 Å². The minimum Gasteiger partial charge on any atom is -0.497 e. The number of methoxy groups -OCH3 is 3. The number of nitrogens with one attached hydrogen (secondary N) is 2. The molecule has 3 N–H and O–H groups in total. The summed E-state index contributed by atoms with van der Waals surface area (Å²) in [6.07, 6.45) is 1.26. The molecule has 1 aliphatic rings. The van der Waals surface area contributed by atoms with Gasteiger partial charge in [0.25, 0.3) is 6.47 Å². The molecule has 0 radical (unpaired) electrons. The topological polar surface area (TPSA) is 140 Å². The quantitative estimate of drug-likeness (QED) is 0.567. The third kappa shape index (κ3) is 5.79. The van der Waals surface area contributed by atoms with Crippen LogP contribution in [-0.2, 0) is 19.6 Å². The molecule has 0 bridgehead atoms. The molecule has 2 aromatic rings. The fourth-order valence-corrected chi connectivity index (χ4v) is 3.89. The maximum absolute atomic E-state index is 12.4. The second-order valence-electron chi connectivity index (χ2n) is 6.53. The number of hydrogen-bond donors (Lipinski definition) is 3. The highest BCUT2D eigenvalue weighted by Gasteiger charge is 2.30. The van der Waals surface area contributed by atoms with Gasteiger partial charge in [0.05, 0.1) is 33.3 Å². The predicted molar refractivity (Wildman–Crippen MR) is 115 cm³/mol. The van der Waals surface area contributed by atoms with Crippen molar-refractivity contribution in [2.45, 2.75) is 12.3 Å². The normalized spacial score (nSPS) is 14.8. The predicted octanol–water partition coefficient (Wildman–Crippen LogP) is 2.26. The maximum atomic E-state index is 12.4. The number of anilines is 2. The molecule has 1 atom stereocenters. The van der Waals surface area contributed by atoms with Crippen LogP contribution in [0.1, 0.15) is 23.5 Å². The van der Waals surface area contributed by atoms with Crippen LogP contribution in [0.2, 0.25) is 0 Å². The van der Waals surface area contributed by atoms with Crippen LogP contribution < -0.4 is 24.2 Å². The van der Waals surface area contributed by atoms with Crippen molar-refractivity contribution >= 4 is 33.8 Å². The molecule has 10 nitrogen and oxygen atoms in total. The monoisotopic (exact) mass is 452 g/mol. The number of rotatable bonds is 6. The SMILES string of the molecule is COc1ccc(OC)c(C2CC(=O)Nc3cc(NS(C)(=O)=O)c(OC)cc32)c1.O=CO. The second-order valence-corrected chi connectivity index (χ2v) is 8.28. The maximum Gasteiger partial charge on any atom is 0.290 e. The first-order chi connectivity index (χ1) is 14.7. The molecule has 3 rings (SSSR count). The zero-order valence-electron chi connectivity index (χ0n) is 17.5. The number of sulfonamides is 1. The van der Waals surface area contributed by atoms with Crippen LogP contribution in [0.15, 0.2) is 30.3 Å². The van der Waals surface area contributed by atoms with Crippen LogP contribution in [0.4, 0.5) is 11.4 Å². The number of carbonyl (C=O) groups is 2. The van der Waals surface area contributed by atoms with Gasteiger partial charge in [-0.3, -0.25) is 14.3 Å². The van der Waals surface area contributed by atoms with Gasteiger partial charge in [-0.15, -0.1) is 0 Å². The van der Waals surface area contributed by atoms with Gasteiger partial charge >= 0.3 is 0 Å². The minimum absolute atomic E-state index is 0.183. The molecule has 0 aliphatic carbocycles. The first-order valence-electron chi connectivity index (χ1n) is 8.96. The first kappa shape index (κ1) is 23.8. The van der Waals surface area contributed by atoms with E-state index in [1.165, 1.54) is 7.11 Å². The molecule has 11 heteroatoms. The summed E-state index contributed by atoms with van der Waals surface area (Å²) in [5.74, 6) is 1.13. The van der Waals surface area contributed by atoms with Gasteiger partial charge in [0.15, 0.2) is 0 Å². The van der Waals surface area contributed by atoms with E-state index in [-0.39, 0.29) is 30.4 Å².